The maximum absolute atomic E-state index is 13.2. The van der Waals surface area contributed by atoms with E-state index >= 15 is 0 Å². The predicted octanol–water partition coefficient (Wildman–Crippen LogP) is 3.59. The van der Waals surface area contributed by atoms with Crippen LogP contribution in [0.25, 0.3) is 0 Å². The number of rotatable bonds is 5. The maximum atomic E-state index is 13.2. The van der Waals surface area contributed by atoms with Crippen LogP contribution < -0.4 is 4.74 Å². The number of ether oxygens (including phenoxy) is 1. The van der Waals surface area contributed by atoms with Gasteiger partial charge in [-0.2, -0.15) is 4.31 Å². The van der Waals surface area contributed by atoms with E-state index in [-0.39, 0.29) is 12.0 Å². The van der Waals surface area contributed by atoms with Crippen molar-refractivity contribution in [3.63, 3.8) is 0 Å². The van der Waals surface area contributed by atoms with E-state index in [0.717, 1.165) is 18.6 Å². The first-order chi connectivity index (χ1) is 14.4. The van der Waals surface area contributed by atoms with E-state index in [1.807, 2.05) is 11.0 Å². The molecule has 3 heterocycles. The van der Waals surface area contributed by atoms with Crippen LogP contribution in [0, 0.1) is 13.8 Å². The second-order valence-corrected chi connectivity index (χ2v) is 11.2. The lowest BCUT2D eigenvalue weighted by Crippen LogP contribution is -2.50. The van der Waals surface area contributed by atoms with Gasteiger partial charge in [0.25, 0.3) is 10.0 Å². The molecule has 0 aliphatic carbocycles. The third-order valence-electron chi connectivity index (χ3n) is 6.08. The van der Waals surface area contributed by atoms with Crippen molar-refractivity contribution in [2.75, 3.05) is 19.6 Å². The number of hydrogen-bond acceptors (Lipinski definition) is 5. The lowest BCUT2D eigenvalue weighted by atomic mass is 10.1. The van der Waals surface area contributed by atoms with Crippen molar-refractivity contribution in [2.24, 2.45) is 0 Å². The number of likely N-dealkylation sites (tertiary alicyclic amines) is 1. The largest absolute Gasteiger partial charge is 0.490 e. The summed E-state index contributed by atoms with van der Waals surface area (Å²) in [4.78, 5) is 15.0. The van der Waals surface area contributed by atoms with E-state index in [0.29, 0.717) is 36.7 Å². The molecule has 0 saturated carbocycles. The molecule has 2 aliphatic rings. The van der Waals surface area contributed by atoms with Gasteiger partial charge in [0.15, 0.2) is 0 Å². The molecule has 0 N–H and O–H groups in total. The maximum Gasteiger partial charge on any atom is 0.253 e. The summed E-state index contributed by atoms with van der Waals surface area (Å²) in [5, 5.41) is 1.75. The summed E-state index contributed by atoms with van der Waals surface area (Å²) in [6.45, 7) is 5.74. The van der Waals surface area contributed by atoms with Gasteiger partial charge in [-0.1, -0.05) is 12.1 Å². The van der Waals surface area contributed by atoms with Gasteiger partial charge >= 0.3 is 0 Å². The van der Waals surface area contributed by atoms with Gasteiger partial charge in [0.2, 0.25) is 5.91 Å². The number of benzene rings is 1. The normalized spacial score (nSPS) is 21.1. The second-order valence-electron chi connectivity index (χ2n) is 8.09. The predicted molar refractivity (Wildman–Crippen MR) is 117 cm³/mol. The Bertz CT molecular complexity index is 996. The number of aryl methyl sites for hydroxylation is 2. The highest BCUT2D eigenvalue weighted by Gasteiger charge is 2.42. The highest BCUT2D eigenvalue weighted by atomic mass is 32.2. The summed E-state index contributed by atoms with van der Waals surface area (Å²) < 4.78 is 33.7. The first-order valence-corrected chi connectivity index (χ1v) is 12.8. The van der Waals surface area contributed by atoms with Crippen molar-refractivity contribution in [1.82, 2.24) is 9.21 Å². The van der Waals surface area contributed by atoms with Gasteiger partial charge in [-0.25, -0.2) is 8.42 Å². The summed E-state index contributed by atoms with van der Waals surface area (Å²) in [6, 6.07) is 8.85. The Morgan fingerprint density at radius 2 is 1.83 bits per heavy atom. The van der Waals surface area contributed by atoms with Gasteiger partial charge in [0.05, 0.1) is 0 Å². The molecule has 2 aliphatic heterocycles. The molecule has 0 bridgehead atoms. The molecular formula is C22H28N2O4S2. The van der Waals surface area contributed by atoms with Gasteiger partial charge in [0.1, 0.15) is 22.1 Å². The van der Waals surface area contributed by atoms with Crippen LogP contribution in [-0.4, -0.2) is 55.3 Å². The fourth-order valence-corrected chi connectivity index (χ4v) is 6.96. The van der Waals surface area contributed by atoms with Gasteiger partial charge in [-0.05, 0) is 61.4 Å². The van der Waals surface area contributed by atoms with Gasteiger partial charge < -0.3 is 9.64 Å². The Kier molecular flexibility index (Phi) is 6.18. The van der Waals surface area contributed by atoms with Crippen LogP contribution in [0.3, 0.4) is 0 Å². The smallest absolute Gasteiger partial charge is 0.253 e. The first-order valence-electron chi connectivity index (χ1n) is 10.4. The molecule has 1 aromatic carbocycles. The minimum atomic E-state index is -3.61. The monoisotopic (exact) mass is 448 g/mol. The highest BCUT2D eigenvalue weighted by molar-refractivity contribution is 7.91. The summed E-state index contributed by atoms with van der Waals surface area (Å²) >= 11 is 1.20. The lowest BCUT2D eigenvalue weighted by Gasteiger charge is -2.35. The van der Waals surface area contributed by atoms with E-state index < -0.39 is 16.1 Å². The van der Waals surface area contributed by atoms with Crippen molar-refractivity contribution in [2.45, 2.75) is 55.9 Å². The van der Waals surface area contributed by atoms with E-state index in [9.17, 15) is 13.2 Å². The Hall–Kier alpha value is -1.90. The van der Waals surface area contributed by atoms with E-state index in [2.05, 4.69) is 26.0 Å². The fraction of sp³-hybridized carbons (Fsp3) is 0.500. The second kappa shape index (κ2) is 8.69. The molecule has 1 aromatic heterocycles. The topological polar surface area (TPSA) is 66.9 Å². The molecule has 2 saturated heterocycles. The Morgan fingerprint density at radius 1 is 1.07 bits per heavy atom. The van der Waals surface area contributed by atoms with Gasteiger partial charge in [0, 0.05) is 32.5 Å². The number of carbonyl (C=O) groups is 1. The summed E-state index contributed by atoms with van der Waals surface area (Å²) in [5.41, 5.74) is 2.44. The van der Waals surface area contributed by atoms with E-state index in [1.165, 1.54) is 26.8 Å². The molecule has 0 radical (unpaired) electrons. The zero-order valence-electron chi connectivity index (χ0n) is 17.4. The molecular weight excluding hydrogens is 420 g/mol. The standard InChI is InChI=1S/C22H28N2O4S2/c1-16-7-8-19(15-17(16)2)28-18-9-12-23(13-10-18)22(25)20-5-3-11-24(20)30(26,27)21-6-4-14-29-21/h4,6-8,14-15,18,20H,3,5,9-13H2,1-2H3. The molecule has 2 fully saturated rings. The van der Waals surface area contributed by atoms with E-state index in [1.54, 1.807) is 17.5 Å². The van der Waals surface area contributed by atoms with Crippen LogP contribution in [-0.2, 0) is 14.8 Å². The van der Waals surface area contributed by atoms with Crippen LogP contribution in [0.2, 0.25) is 0 Å². The van der Waals surface area contributed by atoms with Crippen LogP contribution >= 0.6 is 11.3 Å². The molecule has 2 aromatic rings. The van der Waals surface area contributed by atoms with E-state index in [4.69, 9.17) is 4.74 Å². The van der Waals surface area contributed by atoms with Crippen molar-refractivity contribution in [1.29, 1.82) is 0 Å². The number of hydrogen-bond donors (Lipinski definition) is 0. The molecule has 8 heteroatoms. The number of amides is 1. The van der Waals surface area contributed by atoms with Crippen LogP contribution in [0.5, 0.6) is 5.75 Å². The number of nitrogens with zero attached hydrogens (tertiary/aromatic N) is 2. The highest BCUT2D eigenvalue weighted by Crippen LogP contribution is 2.30. The molecule has 1 atom stereocenters. The fourth-order valence-electron chi connectivity index (χ4n) is 4.18. The molecule has 6 nitrogen and oxygen atoms in total. The first kappa shape index (κ1) is 21.3. The van der Waals surface area contributed by atoms with Crippen molar-refractivity contribution in [3.05, 3.63) is 46.8 Å². The molecule has 0 spiro atoms. The van der Waals surface area contributed by atoms with Crippen LogP contribution in [0.4, 0.5) is 0 Å². The lowest BCUT2D eigenvalue weighted by molar-refractivity contribution is -0.136. The summed E-state index contributed by atoms with van der Waals surface area (Å²) in [7, 11) is -3.61. The average molecular weight is 449 g/mol. The van der Waals surface area contributed by atoms with Crippen molar-refractivity contribution in [3.8, 4) is 5.75 Å². The average Bonchev–Trinajstić information content (AvgIpc) is 3.43. The third kappa shape index (κ3) is 4.26. The van der Waals surface area contributed by atoms with Crippen LogP contribution in [0.15, 0.2) is 39.9 Å². The molecule has 1 amide bonds. The number of sulfonamides is 1. The Morgan fingerprint density at radius 3 is 2.50 bits per heavy atom. The molecule has 162 valence electrons. The summed E-state index contributed by atoms with van der Waals surface area (Å²) in [6.07, 6.45) is 2.88. The van der Waals surface area contributed by atoms with Gasteiger partial charge in [-0.15, -0.1) is 11.3 Å². The SMILES string of the molecule is Cc1ccc(OC2CCN(C(=O)C3CCCN3S(=O)(=O)c3cccs3)CC2)cc1C. The Labute approximate surface area is 182 Å². The number of carbonyl (C=O) groups excluding carboxylic acids is 1. The molecule has 4 rings (SSSR count). The molecule has 1 unspecified atom stereocenters. The Balaban J connectivity index is 1.37. The zero-order valence-corrected chi connectivity index (χ0v) is 19.0. The van der Waals surface area contributed by atoms with Crippen molar-refractivity contribution < 1.29 is 17.9 Å². The van der Waals surface area contributed by atoms with Gasteiger partial charge in [-0.3, -0.25) is 4.79 Å². The number of thiophene rings is 1. The third-order valence-corrected chi connectivity index (χ3v) is 9.36. The zero-order chi connectivity index (χ0) is 21.3. The van der Waals surface area contributed by atoms with Crippen molar-refractivity contribution >= 4 is 27.3 Å². The number of piperidine rings is 1. The quantitative estimate of drug-likeness (QED) is 0.701. The van der Waals surface area contributed by atoms with Crippen LogP contribution in [0.1, 0.15) is 36.8 Å². The minimum Gasteiger partial charge on any atom is -0.490 e. The minimum absolute atomic E-state index is 0.0720. The molecule has 30 heavy (non-hydrogen) atoms. The summed E-state index contributed by atoms with van der Waals surface area (Å²) in [5.74, 6) is 0.796.